The fourth-order valence-electron chi connectivity index (χ4n) is 4.21. The van der Waals surface area contributed by atoms with Gasteiger partial charge < -0.3 is 5.32 Å². The van der Waals surface area contributed by atoms with Gasteiger partial charge in [0, 0.05) is 12.0 Å². The first-order chi connectivity index (χ1) is 10.7. The van der Waals surface area contributed by atoms with E-state index >= 15 is 0 Å². The van der Waals surface area contributed by atoms with Crippen molar-refractivity contribution in [3.05, 3.63) is 35.6 Å². The van der Waals surface area contributed by atoms with Gasteiger partial charge in [0.1, 0.15) is 11.2 Å². The minimum absolute atomic E-state index is 0.204. The Morgan fingerprint density at radius 2 is 1.70 bits per heavy atom. The Balaban J connectivity index is 1.85. The maximum absolute atomic E-state index is 12.9. The van der Waals surface area contributed by atoms with Gasteiger partial charge in [0.25, 0.3) is 0 Å². The molecule has 5 heteroatoms. The minimum atomic E-state index is -1.28. The van der Waals surface area contributed by atoms with Crippen molar-refractivity contribution in [1.82, 2.24) is 5.32 Å². The number of ketones is 2. The van der Waals surface area contributed by atoms with Gasteiger partial charge in [-0.05, 0) is 36.0 Å². The fourth-order valence-corrected chi connectivity index (χ4v) is 4.21. The molecule has 2 saturated carbocycles. The first-order valence-electron chi connectivity index (χ1n) is 7.79. The number of hydrogen-bond donors (Lipinski definition) is 1. The number of Topliss-reactive ketones (excluding diaryl/α,β-unsaturated/α-hetero) is 2. The molecular formula is C18H20FNO3. The molecule has 1 amide bonds. The Hall–Kier alpha value is -2.04. The van der Waals surface area contributed by atoms with Crippen LogP contribution in [-0.4, -0.2) is 17.5 Å². The quantitative estimate of drug-likeness (QED) is 0.688. The Bertz CT molecular complexity index is 709. The number of benzene rings is 1. The summed E-state index contributed by atoms with van der Waals surface area (Å²) in [5.74, 6) is -1.73. The molecule has 0 aromatic heterocycles. The Labute approximate surface area is 134 Å². The monoisotopic (exact) mass is 317 g/mol. The maximum atomic E-state index is 12.9. The third-order valence-electron chi connectivity index (χ3n) is 6.30. The summed E-state index contributed by atoms with van der Waals surface area (Å²) in [6, 6.07) is 5.80. The lowest BCUT2D eigenvalue weighted by Crippen LogP contribution is -2.50. The maximum Gasteiger partial charge on any atom is 0.235 e. The summed E-state index contributed by atoms with van der Waals surface area (Å²) in [6.07, 6.45) is 0.949. The largest absolute Gasteiger partial charge is 0.351 e. The van der Waals surface area contributed by atoms with E-state index < -0.39 is 33.7 Å². The highest BCUT2D eigenvalue weighted by atomic mass is 19.1. The van der Waals surface area contributed by atoms with Gasteiger partial charge in [-0.1, -0.05) is 32.9 Å². The van der Waals surface area contributed by atoms with Crippen molar-refractivity contribution in [2.75, 3.05) is 0 Å². The van der Waals surface area contributed by atoms with Gasteiger partial charge in [-0.25, -0.2) is 4.39 Å². The van der Waals surface area contributed by atoms with Crippen LogP contribution in [0.1, 0.15) is 39.2 Å². The SMILES string of the molecule is CC1(C)[C@]2(C(=O)NCc3ccc(F)cc3)CC[C@@]1(C)C(=O)C2=O. The van der Waals surface area contributed by atoms with Crippen LogP contribution in [0.4, 0.5) is 4.39 Å². The van der Waals surface area contributed by atoms with Crippen LogP contribution in [0.15, 0.2) is 24.3 Å². The van der Waals surface area contributed by atoms with Gasteiger partial charge >= 0.3 is 0 Å². The van der Waals surface area contributed by atoms with E-state index in [0.717, 1.165) is 5.56 Å². The van der Waals surface area contributed by atoms with Crippen LogP contribution in [0, 0.1) is 22.1 Å². The van der Waals surface area contributed by atoms with Gasteiger partial charge in [-0.3, -0.25) is 14.4 Å². The zero-order valence-electron chi connectivity index (χ0n) is 13.5. The van der Waals surface area contributed by atoms with E-state index in [4.69, 9.17) is 0 Å². The van der Waals surface area contributed by atoms with Gasteiger partial charge in [-0.15, -0.1) is 0 Å². The molecule has 4 nitrogen and oxygen atoms in total. The Morgan fingerprint density at radius 1 is 1.09 bits per heavy atom. The zero-order chi connectivity index (χ0) is 17.0. The summed E-state index contributed by atoms with van der Waals surface area (Å²) in [6.45, 7) is 5.66. The number of halogens is 1. The molecule has 0 heterocycles. The van der Waals surface area contributed by atoms with Crippen LogP contribution in [0.5, 0.6) is 0 Å². The van der Waals surface area contributed by atoms with Crippen molar-refractivity contribution < 1.29 is 18.8 Å². The van der Waals surface area contributed by atoms with Gasteiger partial charge in [0.05, 0.1) is 0 Å². The molecule has 0 spiro atoms. The summed E-state index contributed by atoms with van der Waals surface area (Å²) < 4.78 is 12.9. The van der Waals surface area contributed by atoms with Gasteiger partial charge in [0.2, 0.25) is 17.5 Å². The second kappa shape index (κ2) is 4.73. The van der Waals surface area contributed by atoms with Crippen molar-refractivity contribution >= 4 is 17.5 Å². The number of fused-ring (bicyclic) bond motifs is 2. The molecule has 2 atom stereocenters. The van der Waals surface area contributed by atoms with Crippen LogP contribution >= 0.6 is 0 Å². The average Bonchev–Trinajstić information content (AvgIpc) is 2.78. The molecule has 122 valence electrons. The number of nitrogens with one attached hydrogen (secondary N) is 1. The summed E-state index contributed by atoms with van der Waals surface area (Å²) in [4.78, 5) is 37.7. The van der Waals surface area contributed by atoms with Crippen LogP contribution in [0.2, 0.25) is 0 Å². The smallest absolute Gasteiger partial charge is 0.235 e. The lowest BCUT2D eigenvalue weighted by molar-refractivity contribution is -0.149. The number of rotatable bonds is 3. The van der Waals surface area contributed by atoms with Crippen molar-refractivity contribution in [3.63, 3.8) is 0 Å². The fraction of sp³-hybridized carbons (Fsp3) is 0.500. The second-order valence-electron chi connectivity index (χ2n) is 7.33. The molecule has 3 rings (SSSR count). The molecule has 1 aromatic rings. The normalized spacial score (nSPS) is 31.5. The molecule has 1 N–H and O–H groups in total. The summed E-state index contributed by atoms with van der Waals surface area (Å²) in [5.41, 5.74) is -2.01. The Morgan fingerprint density at radius 3 is 2.22 bits per heavy atom. The van der Waals surface area contributed by atoms with Crippen molar-refractivity contribution in [3.8, 4) is 0 Å². The number of carbonyl (C=O) groups excluding carboxylic acids is 3. The second-order valence-corrected chi connectivity index (χ2v) is 7.33. The first-order valence-corrected chi connectivity index (χ1v) is 7.79. The molecule has 0 aliphatic heterocycles. The third-order valence-corrected chi connectivity index (χ3v) is 6.30. The highest BCUT2D eigenvalue weighted by Gasteiger charge is 2.77. The van der Waals surface area contributed by atoms with E-state index in [9.17, 15) is 18.8 Å². The van der Waals surface area contributed by atoms with Gasteiger partial charge in [0.15, 0.2) is 0 Å². The molecule has 0 saturated heterocycles. The average molecular weight is 317 g/mol. The van der Waals surface area contributed by atoms with E-state index in [2.05, 4.69) is 5.32 Å². The summed E-state index contributed by atoms with van der Waals surface area (Å²) in [5, 5.41) is 2.77. The first kappa shape index (κ1) is 15.8. The lowest BCUT2D eigenvalue weighted by Gasteiger charge is -2.37. The number of carbonyl (C=O) groups is 3. The van der Waals surface area contributed by atoms with Crippen molar-refractivity contribution in [1.29, 1.82) is 0 Å². The number of hydrogen-bond acceptors (Lipinski definition) is 3. The van der Waals surface area contributed by atoms with Crippen LogP contribution in [0.25, 0.3) is 0 Å². The van der Waals surface area contributed by atoms with E-state index in [1.165, 1.54) is 12.1 Å². The predicted molar refractivity (Wildman–Crippen MR) is 81.8 cm³/mol. The highest BCUT2D eigenvalue weighted by molar-refractivity contribution is 6.48. The lowest BCUT2D eigenvalue weighted by atomic mass is 9.64. The van der Waals surface area contributed by atoms with E-state index in [-0.39, 0.29) is 12.4 Å². The standard InChI is InChI=1S/C18H20FNO3/c1-16(2)17(3)8-9-18(16,14(22)13(17)21)15(23)20-10-11-4-6-12(19)7-5-11/h4-7H,8-10H2,1-3H3,(H,20,23)/t17-,18+/m0/s1. The molecule has 2 aliphatic rings. The summed E-state index contributed by atoms with van der Waals surface area (Å²) >= 11 is 0. The van der Waals surface area contributed by atoms with Crippen LogP contribution in [-0.2, 0) is 20.9 Å². The molecule has 0 unspecified atom stereocenters. The number of amides is 1. The zero-order valence-corrected chi connectivity index (χ0v) is 13.5. The van der Waals surface area contributed by atoms with E-state index in [0.29, 0.717) is 12.8 Å². The van der Waals surface area contributed by atoms with Gasteiger partial charge in [-0.2, -0.15) is 0 Å². The van der Waals surface area contributed by atoms with Crippen molar-refractivity contribution in [2.45, 2.75) is 40.2 Å². The molecule has 2 bridgehead atoms. The van der Waals surface area contributed by atoms with E-state index in [1.807, 2.05) is 13.8 Å². The molecule has 1 aromatic carbocycles. The molecule has 2 aliphatic carbocycles. The minimum Gasteiger partial charge on any atom is -0.351 e. The van der Waals surface area contributed by atoms with Crippen molar-refractivity contribution in [2.24, 2.45) is 16.2 Å². The third kappa shape index (κ3) is 1.79. The highest BCUT2D eigenvalue weighted by Crippen LogP contribution is 2.68. The van der Waals surface area contributed by atoms with Crippen LogP contribution < -0.4 is 5.32 Å². The predicted octanol–water partition coefficient (Wildman–Crippen LogP) is 2.41. The van der Waals surface area contributed by atoms with Crippen LogP contribution in [0.3, 0.4) is 0 Å². The van der Waals surface area contributed by atoms with E-state index in [1.54, 1.807) is 19.1 Å². The topological polar surface area (TPSA) is 63.2 Å². The Kier molecular flexibility index (Phi) is 3.26. The molecule has 2 fully saturated rings. The molecule has 0 radical (unpaired) electrons. The molecular weight excluding hydrogens is 297 g/mol. The molecule has 23 heavy (non-hydrogen) atoms. The summed E-state index contributed by atoms with van der Waals surface area (Å²) in [7, 11) is 0.